The minimum absolute atomic E-state index is 0.0487. The van der Waals surface area contributed by atoms with Crippen LogP contribution in [0.15, 0.2) is 23.2 Å². The molecule has 3 fully saturated rings. The number of sulfonamides is 1. The maximum atomic E-state index is 12.9. The van der Waals surface area contributed by atoms with E-state index in [9.17, 15) is 13.2 Å². The molecule has 9 nitrogen and oxygen atoms in total. The Morgan fingerprint density at radius 2 is 1.80 bits per heavy atom. The third-order valence-corrected chi connectivity index (χ3v) is 8.12. The van der Waals surface area contributed by atoms with Gasteiger partial charge in [0.15, 0.2) is 0 Å². The normalized spacial score (nSPS) is 24.8. The van der Waals surface area contributed by atoms with Crippen LogP contribution in [0.2, 0.25) is 0 Å². The molecule has 0 N–H and O–H groups in total. The van der Waals surface area contributed by atoms with Crippen LogP contribution in [0.4, 0.5) is 5.82 Å². The van der Waals surface area contributed by atoms with E-state index in [4.69, 9.17) is 4.74 Å². The lowest BCUT2D eigenvalue weighted by atomic mass is 9.96. The molecule has 0 bridgehead atoms. The molecule has 0 spiro atoms. The van der Waals surface area contributed by atoms with Crippen LogP contribution in [0, 0.1) is 5.92 Å². The Bertz CT molecular complexity index is 833. The van der Waals surface area contributed by atoms with Gasteiger partial charge in [-0.3, -0.25) is 4.79 Å². The lowest BCUT2D eigenvalue weighted by molar-refractivity contribution is -0.139. The van der Waals surface area contributed by atoms with E-state index in [0.29, 0.717) is 45.9 Å². The summed E-state index contributed by atoms with van der Waals surface area (Å²) >= 11 is 0. The number of likely N-dealkylation sites (N-methyl/N-ethyl adjacent to an activating group) is 1. The third kappa shape index (κ3) is 4.61. The summed E-state index contributed by atoms with van der Waals surface area (Å²) in [5.74, 6) is 0.872. The van der Waals surface area contributed by atoms with Crippen LogP contribution in [0.1, 0.15) is 12.8 Å². The van der Waals surface area contributed by atoms with Crippen molar-refractivity contribution in [2.45, 2.75) is 17.7 Å². The number of rotatable bonds is 4. The van der Waals surface area contributed by atoms with Crippen LogP contribution >= 0.6 is 0 Å². The van der Waals surface area contributed by atoms with E-state index in [0.717, 1.165) is 38.3 Å². The largest absolute Gasteiger partial charge is 0.378 e. The molecule has 3 aliphatic rings. The van der Waals surface area contributed by atoms with Gasteiger partial charge in [-0.15, -0.1) is 0 Å². The molecule has 0 saturated carbocycles. The SMILES string of the molecule is CN1CCN(S(=O)(=O)c2ccc(N3CCCC(C(=O)N4CCOCC4)C3)nc2)CC1. The minimum atomic E-state index is -3.52. The summed E-state index contributed by atoms with van der Waals surface area (Å²) in [4.78, 5) is 23.6. The monoisotopic (exact) mass is 437 g/mol. The highest BCUT2D eigenvalue weighted by Gasteiger charge is 2.31. The van der Waals surface area contributed by atoms with Crippen LogP contribution in [-0.2, 0) is 19.6 Å². The number of anilines is 1. The van der Waals surface area contributed by atoms with Gasteiger partial charge in [-0.05, 0) is 32.0 Å². The fourth-order valence-corrected chi connectivity index (χ4v) is 5.69. The highest BCUT2D eigenvalue weighted by molar-refractivity contribution is 7.89. The predicted octanol–water partition coefficient (Wildman–Crippen LogP) is 0.0929. The first-order chi connectivity index (χ1) is 14.4. The number of morpholine rings is 1. The Morgan fingerprint density at radius 1 is 1.07 bits per heavy atom. The molecule has 3 aliphatic heterocycles. The van der Waals surface area contributed by atoms with Crippen molar-refractivity contribution in [1.29, 1.82) is 0 Å². The zero-order valence-corrected chi connectivity index (χ0v) is 18.4. The van der Waals surface area contributed by atoms with Gasteiger partial charge < -0.3 is 19.4 Å². The van der Waals surface area contributed by atoms with Crippen molar-refractivity contribution in [3.8, 4) is 0 Å². The maximum absolute atomic E-state index is 12.9. The molecule has 30 heavy (non-hydrogen) atoms. The average Bonchev–Trinajstić information content (AvgIpc) is 2.79. The van der Waals surface area contributed by atoms with Gasteiger partial charge in [-0.2, -0.15) is 4.31 Å². The number of aromatic nitrogens is 1. The zero-order chi connectivity index (χ0) is 21.1. The van der Waals surface area contributed by atoms with Crippen molar-refractivity contribution in [3.05, 3.63) is 18.3 Å². The summed E-state index contributed by atoms with van der Waals surface area (Å²) in [6.07, 6.45) is 3.25. The fraction of sp³-hybridized carbons (Fsp3) is 0.700. The van der Waals surface area contributed by atoms with Crippen LogP contribution in [0.5, 0.6) is 0 Å². The van der Waals surface area contributed by atoms with E-state index in [2.05, 4.69) is 14.8 Å². The number of carbonyl (C=O) groups is 1. The Hall–Kier alpha value is -1.75. The standard InChI is InChI=1S/C20H31N5O4S/c1-22-7-9-25(10-8-22)30(27,28)18-4-5-19(21-15-18)24-6-2-3-17(16-24)20(26)23-11-13-29-14-12-23/h4-5,15,17H,2-3,6-14,16H2,1H3. The van der Waals surface area contributed by atoms with Gasteiger partial charge in [0.05, 0.1) is 19.1 Å². The van der Waals surface area contributed by atoms with Crippen LogP contribution in [-0.4, -0.2) is 106 Å². The Balaban J connectivity index is 1.41. The summed E-state index contributed by atoms with van der Waals surface area (Å²) in [6, 6.07) is 3.41. The number of hydrogen-bond donors (Lipinski definition) is 0. The van der Waals surface area contributed by atoms with E-state index in [-0.39, 0.29) is 16.7 Å². The Morgan fingerprint density at radius 3 is 2.47 bits per heavy atom. The third-order valence-electron chi connectivity index (χ3n) is 6.24. The molecule has 3 saturated heterocycles. The van der Waals surface area contributed by atoms with Crippen LogP contribution in [0.3, 0.4) is 0 Å². The summed E-state index contributed by atoms with van der Waals surface area (Å²) in [6.45, 7) is 6.43. The maximum Gasteiger partial charge on any atom is 0.244 e. The summed E-state index contributed by atoms with van der Waals surface area (Å²) in [5.41, 5.74) is 0. The lowest BCUT2D eigenvalue weighted by Gasteiger charge is -2.36. The molecule has 0 aromatic carbocycles. The predicted molar refractivity (Wildman–Crippen MR) is 113 cm³/mol. The number of nitrogens with zero attached hydrogens (tertiary/aromatic N) is 5. The van der Waals surface area contributed by atoms with E-state index >= 15 is 0 Å². The molecule has 4 heterocycles. The topological polar surface area (TPSA) is 86.3 Å². The second-order valence-corrected chi connectivity index (χ2v) is 10.2. The van der Waals surface area contributed by atoms with E-state index in [1.807, 2.05) is 11.9 Å². The van der Waals surface area contributed by atoms with Gasteiger partial charge in [0, 0.05) is 58.6 Å². The van der Waals surface area contributed by atoms with Crippen LogP contribution < -0.4 is 4.90 Å². The lowest BCUT2D eigenvalue weighted by Crippen LogP contribution is -2.48. The summed E-state index contributed by atoms with van der Waals surface area (Å²) < 4.78 is 32.7. The van der Waals surface area contributed by atoms with Crippen molar-refractivity contribution in [2.75, 3.05) is 77.5 Å². The van der Waals surface area contributed by atoms with Gasteiger partial charge >= 0.3 is 0 Å². The smallest absolute Gasteiger partial charge is 0.244 e. The van der Waals surface area contributed by atoms with E-state index in [1.165, 1.54) is 10.5 Å². The minimum Gasteiger partial charge on any atom is -0.378 e. The molecular formula is C20H31N5O4S. The molecule has 1 aromatic rings. The number of amides is 1. The highest BCUT2D eigenvalue weighted by Crippen LogP contribution is 2.25. The van der Waals surface area contributed by atoms with E-state index < -0.39 is 10.0 Å². The van der Waals surface area contributed by atoms with Gasteiger partial charge in [0.2, 0.25) is 15.9 Å². The second-order valence-electron chi connectivity index (χ2n) is 8.28. The Labute approximate surface area is 178 Å². The molecule has 1 unspecified atom stereocenters. The van der Waals surface area contributed by atoms with Crippen molar-refractivity contribution in [2.24, 2.45) is 5.92 Å². The van der Waals surface area contributed by atoms with Crippen molar-refractivity contribution in [1.82, 2.24) is 19.1 Å². The highest BCUT2D eigenvalue weighted by atomic mass is 32.2. The number of pyridine rings is 1. The first-order valence-electron chi connectivity index (χ1n) is 10.7. The van der Waals surface area contributed by atoms with Crippen LogP contribution in [0.25, 0.3) is 0 Å². The summed E-state index contributed by atoms with van der Waals surface area (Å²) in [7, 11) is -1.52. The number of hydrogen-bond acceptors (Lipinski definition) is 7. The quantitative estimate of drug-likeness (QED) is 0.660. The molecule has 0 aliphatic carbocycles. The molecular weight excluding hydrogens is 406 g/mol. The second kappa shape index (κ2) is 9.17. The average molecular weight is 438 g/mol. The Kier molecular flexibility index (Phi) is 6.57. The van der Waals surface area contributed by atoms with Gasteiger partial charge in [-0.25, -0.2) is 13.4 Å². The molecule has 4 rings (SSSR count). The molecule has 1 aromatic heterocycles. The molecule has 166 valence electrons. The van der Waals surface area contributed by atoms with Gasteiger partial charge in [0.1, 0.15) is 10.7 Å². The number of piperidine rings is 1. The van der Waals surface area contributed by atoms with Gasteiger partial charge in [-0.1, -0.05) is 0 Å². The molecule has 10 heteroatoms. The van der Waals surface area contributed by atoms with E-state index in [1.54, 1.807) is 12.1 Å². The molecule has 1 atom stereocenters. The number of carbonyl (C=O) groups excluding carboxylic acids is 1. The van der Waals surface area contributed by atoms with Crippen molar-refractivity contribution >= 4 is 21.7 Å². The number of piperazine rings is 1. The fourth-order valence-electron chi connectivity index (χ4n) is 4.32. The zero-order valence-electron chi connectivity index (χ0n) is 17.6. The van der Waals surface area contributed by atoms with Crippen molar-refractivity contribution in [3.63, 3.8) is 0 Å². The van der Waals surface area contributed by atoms with Crippen molar-refractivity contribution < 1.29 is 17.9 Å². The first kappa shape index (κ1) is 21.5. The first-order valence-corrected chi connectivity index (χ1v) is 12.2. The summed E-state index contributed by atoms with van der Waals surface area (Å²) in [5, 5.41) is 0. The molecule has 0 radical (unpaired) electrons. The van der Waals surface area contributed by atoms with Gasteiger partial charge in [0.25, 0.3) is 0 Å². The molecule has 1 amide bonds. The number of ether oxygens (including phenoxy) is 1.